The lowest BCUT2D eigenvalue weighted by atomic mass is 9.93. The summed E-state index contributed by atoms with van der Waals surface area (Å²) in [7, 11) is 0. The van der Waals surface area contributed by atoms with Crippen LogP contribution in [0.5, 0.6) is 0 Å². The topological polar surface area (TPSA) is 7.76 Å². The first-order valence-electron chi connectivity index (χ1n) is 20.0. The number of fused-ring (bicyclic) bond motifs is 2. The van der Waals surface area contributed by atoms with Gasteiger partial charge in [0.05, 0.1) is 0 Å². The normalized spacial score (nSPS) is 13.4. The van der Waals surface area contributed by atoms with Crippen LogP contribution in [-0.2, 0) is 64.5 Å². The number of hydrogen-bond acceptors (Lipinski definition) is 0. The van der Waals surface area contributed by atoms with E-state index >= 15 is 0 Å². The molecule has 51 heavy (non-hydrogen) atoms. The van der Waals surface area contributed by atoms with E-state index in [1.165, 1.54) is 151 Å². The molecule has 0 saturated heterocycles. The molecule has 2 nitrogen and oxygen atoms in total. The highest BCUT2D eigenvalue weighted by molar-refractivity contribution is 9.09. The Labute approximate surface area is 328 Å². The molecule has 0 amide bonds. The van der Waals surface area contributed by atoms with Gasteiger partial charge in [-0.15, -0.1) is 0 Å². The minimum Gasteiger partial charge on any atom is -0.205 e. The Morgan fingerprint density at radius 1 is 0.392 bits per heavy atom. The Kier molecular flexibility index (Phi) is 19.6. The van der Waals surface area contributed by atoms with Gasteiger partial charge in [-0.25, -0.2) is 9.13 Å². The van der Waals surface area contributed by atoms with Gasteiger partial charge in [-0.3, -0.25) is 0 Å². The van der Waals surface area contributed by atoms with Crippen molar-refractivity contribution in [3.63, 3.8) is 0 Å². The van der Waals surface area contributed by atoms with Gasteiger partial charge in [0.1, 0.15) is 13.1 Å². The summed E-state index contributed by atoms with van der Waals surface area (Å²) in [6.45, 7) is 2.29. The number of hydrogen-bond donors (Lipinski definition) is 0. The molecule has 2 aliphatic carbocycles. The summed E-state index contributed by atoms with van der Waals surface area (Å²) in [5.74, 6) is 0. The van der Waals surface area contributed by atoms with E-state index in [0.717, 1.165) is 23.7 Å². The molecule has 0 unspecified atom stereocenters. The highest BCUT2D eigenvalue weighted by Gasteiger charge is 2.14. The van der Waals surface area contributed by atoms with Gasteiger partial charge in [0.15, 0.2) is 24.8 Å². The quantitative estimate of drug-likeness (QED) is 0.0537. The Hall–Kier alpha value is -2.30. The molecule has 0 spiro atoms. The van der Waals surface area contributed by atoms with Crippen LogP contribution in [0.4, 0.5) is 0 Å². The van der Waals surface area contributed by atoms with Crippen molar-refractivity contribution in [1.82, 2.24) is 0 Å². The zero-order valence-corrected chi connectivity index (χ0v) is 33.9. The Bertz CT molecular complexity index is 1410. The van der Waals surface area contributed by atoms with Crippen molar-refractivity contribution in [2.75, 3.05) is 10.7 Å². The summed E-state index contributed by atoms with van der Waals surface area (Å²) in [4.78, 5) is 0. The largest absolute Gasteiger partial charge is 0.205 e. The molecule has 2 aromatic carbocycles. The van der Waals surface area contributed by atoms with Crippen LogP contribution >= 0.6 is 31.9 Å². The second-order valence-corrected chi connectivity index (χ2v) is 16.3. The molecule has 0 atom stereocenters. The van der Waals surface area contributed by atoms with Gasteiger partial charge in [0.2, 0.25) is 0 Å². The highest BCUT2D eigenvalue weighted by atomic mass is 79.9. The third-order valence-electron chi connectivity index (χ3n) is 10.7. The zero-order valence-electron chi connectivity index (χ0n) is 30.7. The summed E-state index contributed by atoms with van der Waals surface area (Å²) >= 11 is 6.93. The summed E-state index contributed by atoms with van der Waals surface area (Å²) in [5, 5.41) is 2.25. The lowest BCUT2D eigenvalue weighted by Crippen LogP contribution is -2.34. The average Bonchev–Trinajstić information content (AvgIpc) is 3.16. The van der Waals surface area contributed by atoms with E-state index < -0.39 is 0 Å². The monoisotopic (exact) mass is 816 g/mol. The Morgan fingerprint density at radius 2 is 0.706 bits per heavy atom. The minimum absolute atomic E-state index is 0. The van der Waals surface area contributed by atoms with Gasteiger partial charge in [0, 0.05) is 46.8 Å². The summed E-state index contributed by atoms with van der Waals surface area (Å²) in [6, 6.07) is 23.3. The molecule has 0 bridgehead atoms. The minimum atomic E-state index is 0. The van der Waals surface area contributed by atoms with Crippen molar-refractivity contribution in [3.8, 4) is 0 Å². The van der Waals surface area contributed by atoms with E-state index in [9.17, 15) is 0 Å². The molecule has 2 aliphatic rings. The third kappa shape index (κ3) is 14.9. The number of alkyl halides is 2. The summed E-state index contributed by atoms with van der Waals surface area (Å²) < 4.78 is 4.82. The molecule has 0 aliphatic heterocycles. The SMILES string of the molecule is BrCCCCc1ccc(CCCCBr)cc1.C.c1cc(CCCC[n+]2ccc3c(c2)CCCC3)ccc1CCCC[n+]1ccc2c(c1)CCCC2. The maximum atomic E-state index is 3.47. The fourth-order valence-corrected chi connectivity index (χ4v) is 8.35. The lowest BCUT2D eigenvalue weighted by molar-refractivity contribution is -0.698. The molecule has 2 aromatic heterocycles. The third-order valence-corrected chi connectivity index (χ3v) is 11.8. The molecule has 0 fully saturated rings. The summed E-state index contributed by atoms with van der Waals surface area (Å²) in [6.07, 6.45) is 34.9. The van der Waals surface area contributed by atoms with E-state index in [4.69, 9.17) is 0 Å². The van der Waals surface area contributed by atoms with E-state index in [2.05, 4.69) is 126 Å². The number of aromatic nitrogens is 2. The van der Waals surface area contributed by atoms with Crippen LogP contribution in [0, 0.1) is 0 Å². The van der Waals surface area contributed by atoms with Crippen LogP contribution in [0.1, 0.15) is 129 Å². The molecule has 4 aromatic rings. The predicted octanol–water partition coefficient (Wildman–Crippen LogP) is 11.8. The molecule has 0 radical (unpaired) electrons. The van der Waals surface area contributed by atoms with Crippen LogP contribution in [0.25, 0.3) is 0 Å². The van der Waals surface area contributed by atoms with Gasteiger partial charge >= 0.3 is 0 Å². The van der Waals surface area contributed by atoms with Gasteiger partial charge in [-0.2, -0.15) is 0 Å². The molecule has 276 valence electrons. The smallest absolute Gasteiger partial charge is 0.172 e. The number of aryl methyl sites for hydroxylation is 10. The predicted molar refractivity (Wildman–Crippen MR) is 226 cm³/mol. The van der Waals surface area contributed by atoms with Crippen molar-refractivity contribution >= 4 is 31.9 Å². The fourth-order valence-electron chi connectivity index (χ4n) is 7.56. The van der Waals surface area contributed by atoms with Crippen molar-refractivity contribution < 1.29 is 9.13 Å². The maximum absolute atomic E-state index is 3.47. The van der Waals surface area contributed by atoms with Crippen LogP contribution in [0.2, 0.25) is 0 Å². The molecule has 4 heteroatoms. The van der Waals surface area contributed by atoms with E-state index in [0.29, 0.717) is 0 Å². The zero-order chi connectivity index (χ0) is 34.6. The first-order valence-corrected chi connectivity index (χ1v) is 22.2. The van der Waals surface area contributed by atoms with Crippen LogP contribution < -0.4 is 9.13 Å². The second-order valence-electron chi connectivity index (χ2n) is 14.7. The van der Waals surface area contributed by atoms with Crippen molar-refractivity contribution in [2.45, 2.75) is 149 Å². The molecular formula is C47H66Br2N2+2. The number of halogens is 2. The summed E-state index contributed by atoms with van der Waals surface area (Å²) in [5.41, 5.74) is 12.3. The number of rotatable bonds is 18. The molecular weight excluding hydrogens is 752 g/mol. The number of pyridine rings is 2. The van der Waals surface area contributed by atoms with Gasteiger partial charge in [-0.1, -0.05) is 87.8 Å². The van der Waals surface area contributed by atoms with E-state index in [1.54, 1.807) is 22.3 Å². The molecule has 0 N–H and O–H groups in total. The standard InChI is InChI=1S/C32H42N2.C14H20Br2.CH4/c1-3-13-31-25-33(23-19-29(31)11-1)21-7-5-9-27-15-17-28(18-16-27)10-6-8-22-34-24-20-30-12-2-4-14-32(30)26-34;15-11-3-1-5-13-7-9-14(10-8-13)6-2-4-12-16;/h15-20,23-26H,1-14,21-22H2;7-10H,1-6,11-12H2;1H4/q+2;;. The highest BCUT2D eigenvalue weighted by Crippen LogP contribution is 2.20. The van der Waals surface area contributed by atoms with Crippen LogP contribution in [-0.4, -0.2) is 10.7 Å². The lowest BCUT2D eigenvalue weighted by Gasteiger charge is -2.13. The van der Waals surface area contributed by atoms with Crippen molar-refractivity contribution in [2.24, 2.45) is 0 Å². The van der Waals surface area contributed by atoms with Gasteiger partial charge in [-0.05, 0) is 149 Å². The second kappa shape index (κ2) is 24.1. The maximum Gasteiger partial charge on any atom is 0.172 e. The van der Waals surface area contributed by atoms with Crippen LogP contribution in [0.3, 0.4) is 0 Å². The first kappa shape index (κ1) is 41.5. The number of nitrogens with zero attached hydrogens (tertiary/aromatic N) is 2. The average molecular weight is 819 g/mol. The van der Waals surface area contributed by atoms with E-state index in [-0.39, 0.29) is 7.43 Å². The van der Waals surface area contributed by atoms with Gasteiger partial charge in [0.25, 0.3) is 0 Å². The molecule has 2 heterocycles. The number of benzene rings is 2. The fraction of sp³-hybridized carbons (Fsp3) is 0.532. The molecule has 6 rings (SSSR count). The Balaban J connectivity index is 0.000000291. The Morgan fingerprint density at radius 3 is 1.04 bits per heavy atom. The van der Waals surface area contributed by atoms with Crippen LogP contribution in [0.15, 0.2) is 85.5 Å². The first-order chi connectivity index (χ1) is 24.7. The number of unbranched alkanes of at least 4 members (excludes halogenated alkanes) is 4. The van der Waals surface area contributed by atoms with Crippen molar-refractivity contribution in [3.05, 3.63) is 130 Å². The molecule has 0 saturated carbocycles. The van der Waals surface area contributed by atoms with Gasteiger partial charge < -0.3 is 0 Å². The van der Waals surface area contributed by atoms with Crippen molar-refractivity contribution in [1.29, 1.82) is 0 Å². The van der Waals surface area contributed by atoms with E-state index in [1.807, 2.05) is 0 Å².